The summed E-state index contributed by atoms with van der Waals surface area (Å²) in [7, 11) is 0. The zero-order chi connectivity index (χ0) is 15.1. The van der Waals surface area contributed by atoms with E-state index in [1.165, 1.54) is 25.9 Å². The smallest absolute Gasteiger partial charge is 0.228 e. The standard InChI is InChI=1S/C14H25ClN6/c1-3-7-16-13-18-12(15)19-14(20-13)17-10-11-5-8-21(4-2)9-6-11/h11H,3-10H2,1-2H3,(H2,16,17,18,19,20). The van der Waals surface area contributed by atoms with Crippen LogP contribution in [-0.2, 0) is 0 Å². The maximum Gasteiger partial charge on any atom is 0.228 e. The number of halogens is 1. The first-order valence-electron chi connectivity index (χ1n) is 7.83. The Bertz CT molecular complexity index is 433. The van der Waals surface area contributed by atoms with Crippen molar-refractivity contribution in [2.75, 3.05) is 43.4 Å². The van der Waals surface area contributed by atoms with Crippen LogP contribution in [0.2, 0.25) is 5.28 Å². The molecule has 2 heterocycles. The highest BCUT2D eigenvalue weighted by atomic mass is 35.5. The van der Waals surface area contributed by atoms with Gasteiger partial charge in [-0.3, -0.25) is 0 Å². The van der Waals surface area contributed by atoms with Gasteiger partial charge >= 0.3 is 0 Å². The predicted octanol–water partition coefficient (Wildman–Crippen LogP) is 2.49. The van der Waals surface area contributed by atoms with Crippen LogP contribution in [0.4, 0.5) is 11.9 Å². The lowest BCUT2D eigenvalue weighted by Gasteiger charge is -2.31. The van der Waals surface area contributed by atoms with Crippen molar-refractivity contribution in [1.29, 1.82) is 0 Å². The van der Waals surface area contributed by atoms with Gasteiger partial charge in [-0.1, -0.05) is 13.8 Å². The molecule has 0 unspecified atom stereocenters. The van der Waals surface area contributed by atoms with Crippen LogP contribution in [0.5, 0.6) is 0 Å². The van der Waals surface area contributed by atoms with E-state index < -0.39 is 0 Å². The monoisotopic (exact) mass is 312 g/mol. The van der Waals surface area contributed by atoms with Crippen LogP contribution in [0.15, 0.2) is 0 Å². The summed E-state index contributed by atoms with van der Waals surface area (Å²) in [6, 6.07) is 0. The normalized spacial score (nSPS) is 16.9. The van der Waals surface area contributed by atoms with Gasteiger partial charge in [0.25, 0.3) is 0 Å². The number of anilines is 2. The molecule has 0 aliphatic carbocycles. The topological polar surface area (TPSA) is 66.0 Å². The minimum absolute atomic E-state index is 0.229. The van der Waals surface area contributed by atoms with E-state index in [0.29, 0.717) is 17.8 Å². The summed E-state index contributed by atoms with van der Waals surface area (Å²) in [5.74, 6) is 1.78. The molecule has 1 aromatic heterocycles. The Morgan fingerprint density at radius 2 is 1.76 bits per heavy atom. The van der Waals surface area contributed by atoms with E-state index >= 15 is 0 Å². The molecule has 0 aromatic carbocycles. The van der Waals surface area contributed by atoms with Crippen molar-refractivity contribution < 1.29 is 0 Å². The molecule has 2 rings (SSSR count). The zero-order valence-electron chi connectivity index (χ0n) is 12.9. The van der Waals surface area contributed by atoms with E-state index in [0.717, 1.165) is 26.1 Å². The summed E-state index contributed by atoms with van der Waals surface area (Å²) < 4.78 is 0. The molecule has 1 saturated heterocycles. The molecule has 118 valence electrons. The van der Waals surface area contributed by atoms with Gasteiger partial charge < -0.3 is 15.5 Å². The van der Waals surface area contributed by atoms with E-state index in [1.54, 1.807) is 0 Å². The van der Waals surface area contributed by atoms with Crippen LogP contribution in [0.3, 0.4) is 0 Å². The molecule has 0 atom stereocenters. The molecule has 1 aliphatic rings. The van der Waals surface area contributed by atoms with Gasteiger partial charge in [0.15, 0.2) is 0 Å². The van der Waals surface area contributed by atoms with Crippen molar-refractivity contribution in [2.45, 2.75) is 33.1 Å². The van der Waals surface area contributed by atoms with Gasteiger partial charge in [-0.15, -0.1) is 0 Å². The highest BCUT2D eigenvalue weighted by Gasteiger charge is 2.18. The molecule has 1 fully saturated rings. The lowest BCUT2D eigenvalue weighted by atomic mass is 9.97. The second kappa shape index (κ2) is 8.34. The molecule has 0 amide bonds. The predicted molar refractivity (Wildman–Crippen MR) is 86.9 cm³/mol. The molecule has 6 nitrogen and oxygen atoms in total. The van der Waals surface area contributed by atoms with Crippen molar-refractivity contribution in [3.8, 4) is 0 Å². The van der Waals surface area contributed by atoms with Crippen LogP contribution in [-0.4, -0.2) is 52.6 Å². The maximum atomic E-state index is 5.94. The zero-order valence-corrected chi connectivity index (χ0v) is 13.7. The third-order valence-electron chi connectivity index (χ3n) is 3.84. The lowest BCUT2D eigenvalue weighted by molar-refractivity contribution is 0.198. The number of nitrogens with zero attached hydrogens (tertiary/aromatic N) is 4. The fourth-order valence-corrected chi connectivity index (χ4v) is 2.65. The summed E-state index contributed by atoms with van der Waals surface area (Å²) in [6.07, 6.45) is 3.46. The second-order valence-corrected chi connectivity index (χ2v) is 5.78. The first-order valence-corrected chi connectivity index (χ1v) is 8.20. The third-order valence-corrected chi connectivity index (χ3v) is 4.01. The Balaban J connectivity index is 1.84. The van der Waals surface area contributed by atoms with E-state index in [1.807, 2.05) is 0 Å². The molecule has 0 spiro atoms. The number of piperidine rings is 1. The molecule has 0 saturated carbocycles. The van der Waals surface area contributed by atoms with Crippen molar-refractivity contribution in [1.82, 2.24) is 19.9 Å². The summed E-state index contributed by atoms with van der Waals surface area (Å²) in [4.78, 5) is 15.0. The molecule has 2 N–H and O–H groups in total. The summed E-state index contributed by atoms with van der Waals surface area (Å²) in [6.45, 7) is 9.55. The lowest BCUT2D eigenvalue weighted by Crippen LogP contribution is -2.35. The van der Waals surface area contributed by atoms with Gasteiger partial charge in [0.2, 0.25) is 17.2 Å². The van der Waals surface area contributed by atoms with Crippen LogP contribution >= 0.6 is 11.6 Å². The molecular formula is C14H25ClN6. The third kappa shape index (κ3) is 5.28. The van der Waals surface area contributed by atoms with E-state index in [9.17, 15) is 0 Å². The van der Waals surface area contributed by atoms with Crippen LogP contribution in [0.1, 0.15) is 33.1 Å². The van der Waals surface area contributed by atoms with Gasteiger partial charge in [0, 0.05) is 13.1 Å². The number of likely N-dealkylation sites (tertiary alicyclic amines) is 1. The molecular weight excluding hydrogens is 288 g/mol. The first kappa shape index (κ1) is 16.2. The summed E-state index contributed by atoms with van der Waals surface area (Å²) >= 11 is 5.94. The average molecular weight is 313 g/mol. The average Bonchev–Trinajstić information content (AvgIpc) is 2.51. The minimum Gasteiger partial charge on any atom is -0.354 e. The largest absolute Gasteiger partial charge is 0.354 e. The number of rotatable bonds is 7. The summed E-state index contributed by atoms with van der Waals surface area (Å²) in [5.41, 5.74) is 0. The summed E-state index contributed by atoms with van der Waals surface area (Å²) in [5, 5.41) is 6.66. The Kier molecular flexibility index (Phi) is 6.45. The highest BCUT2D eigenvalue weighted by Crippen LogP contribution is 2.17. The van der Waals surface area contributed by atoms with Gasteiger partial charge in [0.05, 0.1) is 0 Å². The molecule has 1 aromatic rings. The van der Waals surface area contributed by atoms with Gasteiger partial charge in [-0.05, 0) is 56.4 Å². The van der Waals surface area contributed by atoms with Crippen LogP contribution in [0, 0.1) is 5.92 Å². The van der Waals surface area contributed by atoms with Gasteiger partial charge in [0.1, 0.15) is 0 Å². The molecule has 21 heavy (non-hydrogen) atoms. The number of nitrogens with one attached hydrogen (secondary N) is 2. The van der Waals surface area contributed by atoms with Gasteiger partial charge in [-0.2, -0.15) is 15.0 Å². The fraction of sp³-hybridized carbons (Fsp3) is 0.786. The minimum atomic E-state index is 0.229. The molecule has 0 bridgehead atoms. The Morgan fingerprint density at radius 1 is 1.10 bits per heavy atom. The van der Waals surface area contributed by atoms with Crippen molar-refractivity contribution in [2.24, 2.45) is 5.92 Å². The fourth-order valence-electron chi connectivity index (χ4n) is 2.49. The first-order chi connectivity index (χ1) is 10.2. The quantitative estimate of drug-likeness (QED) is 0.806. The second-order valence-electron chi connectivity index (χ2n) is 5.44. The Labute approximate surface area is 131 Å². The van der Waals surface area contributed by atoms with Crippen molar-refractivity contribution >= 4 is 23.5 Å². The van der Waals surface area contributed by atoms with Crippen molar-refractivity contribution in [3.63, 3.8) is 0 Å². The number of hydrogen-bond acceptors (Lipinski definition) is 6. The SMILES string of the molecule is CCCNc1nc(Cl)nc(NCC2CCN(CC)CC2)n1. The highest BCUT2D eigenvalue weighted by molar-refractivity contribution is 6.28. The number of aromatic nitrogens is 3. The molecule has 0 radical (unpaired) electrons. The van der Waals surface area contributed by atoms with Crippen LogP contribution < -0.4 is 10.6 Å². The van der Waals surface area contributed by atoms with Crippen LogP contribution in [0.25, 0.3) is 0 Å². The van der Waals surface area contributed by atoms with E-state index in [-0.39, 0.29) is 5.28 Å². The molecule has 1 aliphatic heterocycles. The molecule has 7 heteroatoms. The number of hydrogen-bond donors (Lipinski definition) is 2. The maximum absolute atomic E-state index is 5.94. The Morgan fingerprint density at radius 3 is 2.38 bits per heavy atom. The van der Waals surface area contributed by atoms with Crippen molar-refractivity contribution in [3.05, 3.63) is 5.28 Å². The Hall–Kier alpha value is -1.14. The van der Waals surface area contributed by atoms with E-state index in [2.05, 4.69) is 44.3 Å². The van der Waals surface area contributed by atoms with E-state index in [4.69, 9.17) is 11.6 Å². The van der Waals surface area contributed by atoms with Gasteiger partial charge in [-0.25, -0.2) is 0 Å².